The number of aromatic nitrogens is 2. The Morgan fingerprint density at radius 1 is 1.44 bits per heavy atom. The topological polar surface area (TPSA) is 46.9 Å². The van der Waals surface area contributed by atoms with Crippen LogP contribution < -0.4 is 5.32 Å². The van der Waals surface area contributed by atoms with Gasteiger partial charge in [-0.3, -0.25) is 9.48 Å². The fourth-order valence-electron chi connectivity index (χ4n) is 1.73. The first-order valence-corrected chi connectivity index (χ1v) is 5.44. The second-order valence-electron chi connectivity index (χ2n) is 3.79. The lowest BCUT2D eigenvalue weighted by molar-refractivity contribution is -0.116. The predicted octanol–water partition coefficient (Wildman–Crippen LogP) is 2.31. The standard InChI is InChI=1S/C12H15N3O/c1-3-6-11(16)13-12-9-7-4-5-8-10(9)15(2)14-12/h4-5,7-8H,3,6H2,1-2H3,(H,13,14,16). The molecule has 84 valence electrons. The number of carbonyl (C=O) groups excluding carboxylic acids is 1. The van der Waals surface area contributed by atoms with Gasteiger partial charge in [-0.1, -0.05) is 19.1 Å². The van der Waals surface area contributed by atoms with Crippen LogP contribution in [-0.4, -0.2) is 15.7 Å². The van der Waals surface area contributed by atoms with Gasteiger partial charge in [-0.15, -0.1) is 0 Å². The molecule has 1 aromatic heterocycles. The van der Waals surface area contributed by atoms with E-state index >= 15 is 0 Å². The Balaban J connectivity index is 2.34. The van der Waals surface area contributed by atoms with Gasteiger partial charge in [-0.25, -0.2) is 0 Å². The van der Waals surface area contributed by atoms with Crippen LogP contribution in [0, 0.1) is 0 Å². The molecule has 0 fully saturated rings. The number of hydrogen-bond donors (Lipinski definition) is 1. The van der Waals surface area contributed by atoms with Crippen molar-refractivity contribution in [2.45, 2.75) is 19.8 Å². The van der Waals surface area contributed by atoms with Crippen molar-refractivity contribution in [3.63, 3.8) is 0 Å². The van der Waals surface area contributed by atoms with Gasteiger partial charge in [0.25, 0.3) is 0 Å². The molecule has 0 unspecified atom stereocenters. The van der Waals surface area contributed by atoms with E-state index in [1.807, 2.05) is 38.2 Å². The molecule has 0 saturated carbocycles. The van der Waals surface area contributed by atoms with E-state index < -0.39 is 0 Å². The molecular weight excluding hydrogens is 202 g/mol. The third kappa shape index (κ3) is 1.91. The first-order chi connectivity index (χ1) is 7.72. The monoisotopic (exact) mass is 217 g/mol. The van der Waals surface area contributed by atoms with Crippen molar-refractivity contribution in [3.05, 3.63) is 24.3 Å². The third-order valence-electron chi connectivity index (χ3n) is 2.49. The van der Waals surface area contributed by atoms with Crippen molar-refractivity contribution in [1.29, 1.82) is 0 Å². The Morgan fingerprint density at radius 3 is 2.94 bits per heavy atom. The summed E-state index contributed by atoms with van der Waals surface area (Å²) in [6.07, 6.45) is 1.38. The maximum Gasteiger partial charge on any atom is 0.225 e. The van der Waals surface area contributed by atoms with Gasteiger partial charge >= 0.3 is 0 Å². The van der Waals surface area contributed by atoms with Crippen LogP contribution in [0.25, 0.3) is 10.9 Å². The van der Waals surface area contributed by atoms with Crippen molar-refractivity contribution in [1.82, 2.24) is 9.78 Å². The lowest BCUT2D eigenvalue weighted by Gasteiger charge is -1.99. The number of fused-ring (bicyclic) bond motifs is 1. The molecule has 0 aliphatic heterocycles. The first-order valence-electron chi connectivity index (χ1n) is 5.44. The van der Waals surface area contributed by atoms with Gasteiger partial charge < -0.3 is 5.32 Å². The van der Waals surface area contributed by atoms with Crippen LogP contribution in [0.15, 0.2) is 24.3 Å². The summed E-state index contributed by atoms with van der Waals surface area (Å²) in [4.78, 5) is 11.5. The Hall–Kier alpha value is -1.84. The normalized spacial score (nSPS) is 10.6. The molecule has 0 aliphatic rings. The highest BCUT2D eigenvalue weighted by atomic mass is 16.1. The highest BCUT2D eigenvalue weighted by Crippen LogP contribution is 2.21. The second-order valence-corrected chi connectivity index (χ2v) is 3.79. The zero-order valence-corrected chi connectivity index (χ0v) is 9.53. The van der Waals surface area contributed by atoms with Crippen LogP contribution in [0.3, 0.4) is 0 Å². The molecule has 4 heteroatoms. The zero-order chi connectivity index (χ0) is 11.5. The van der Waals surface area contributed by atoms with Crippen molar-refractivity contribution in [2.24, 2.45) is 7.05 Å². The van der Waals surface area contributed by atoms with Crippen molar-refractivity contribution in [3.8, 4) is 0 Å². The van der Waals surface area contributed by atoms with Gasteiger partial charge in [-0.05, 0) is 18.6 Å². The highest BCUT2D eigenvalue weighted by Gasteiger charge is 2.09. The molecule has 2 aromatic rings. The van der Waals surface area contributed by atoms with Crippen LogP contribution in [0.5, 0.6) is 0 Å². The van der Waals surface area contributed by atoms with E-state index in [1.165, 1.54) is 0 Å². The Bertz CT molecular complexity index is 516. The van der Waals surface area contributed by atoms with Crippen LogP contribution in [0.1, 0.15) is 19.8 Å². The number of para-hydroxylation sites is 1. The number of benzene rings is 1. The van der Waals surface area contributed by atoms with Crippen LogP contribution >= 0.6 is 0 Å². The Kier molecular flexibility index (Phi) is 2.90. The number of nitrogens with one attached hydrogen (secondary N) is 1. The molecule has 1 N–H and O–H groups in total. The fraction of sp³-hybridized carbons (Fsp3) is 0.333. The van der Waals surface area contributed by atoms with Crippen LogP contribution in [-0.2, 0) is 11.8 Å². The van der Waals surface area contributed by atoms with Gasteiger partial charge in [0.05, 0.1) is 5.52 Å². The van der Waals surface area contributed by atoms with Crippen molar-refractivity contribution < 1.29 is 4.79 Å². The molecule has 0 spiro atoms. The number of rotatable bonds is 3. The molecule has 0 radical (unpaired) electrons. The molecule has 16 heavy (non-hydrogen) atoms. The molecule has 1 aromatic carbocycles. The maximum absolute atomic E-state index is 11.5. The molecule has 0 saturated heterocycles. The Morgan fingerprint density at radius 2 is 2.19 bits per heavy atom. The summed E-state index contributed by atoms with van der Waals surface area (Å²) in [6, 6.07) is 7.85. The highest BCUT2D eigenvalue weighted by molar-refractivity contribution is 5.99. The minimum Gasteiger partial charge on any atom is -0.309 e. The summed E-state index contributed by atoms with van der Waals surface area (Å²) < 4.78 is 1.77. The molecule has 2 rings (SSSR count). The number of hydrogen-bond acceptors (Lipinski definition) is 2. The summed E-state index contributed by atoms with van der Waals surface area (Å²) >= 11 is 0. The SMILES string of the molecule is CCCC(=O)Nc1nn(C)c2ccccc12. The largest absolute Gasteiger partial charge is 0.309 e. The van der Waals surface area contributed by atoms with Gasteiger partial charge in [0.1, 0.15) is 0 Å². The zero-order valence-electron chi connectivity index (χ0n) is 9.53. The van der Waals surface area contributed by atoms with E-state index in [4.69, 9.17) is 0 Å². The minimum atomic E-state index is 0.0198. The summed E-state index contributed by atoms with van der Waals surface area (Å²) in [6.45, 7) is 1.98. The van der Waals surface area contributed by atoms with Crippen molar-refractivity contribution in [2.75, 3.05) is 5.32 Å². The molecule has 1 heterocycles. The van der Waals surface area contributed by atoms with E-state index in [-0.39, 0.29) is 5.91 Å². The quantitative estimate of drug-likeness (QED) is 0.857. The Labute approximate surface area is 94.3 Å². The number of carbonyl (C=O) groups is 1. The molecule has 0 aliphatic carbocycles. The van der Waals surface area contributed by atoms with Gasteiger partial charge in [-0.2, -0.15) is 5.10 Å². The molecule has 0 atom stereocenters. The van der Waals surface area contributed by atoms with Gasteiger partial charge in [0.2, 0.25) is 5.91 Å². The third-order valence-corrected chi connectivity index (χ3v) is 2.49. The molecule has 4 nitrogen and oxygen atoms in total. The molecule has 0 bridgehead atoms. The maximum atomic E-state index is 11.5. The molecular formula is C12H15N3O. The number of amides is 1. The van der Waals surface area contributed by atoms with Gasteiger partial charge in [0, 0.05) is 18.9 Å². The molecule has 1 amide bonds. The average Bonchev–Trinajstić information content (AvgIpc) is 2.57. The van der Waals surface area contributed by atoms with E-state index in [0.29, 0.717) is 12.2 Å². The predicted molar refractivity (Wildman–Crippen MR) is 64.3 cm³/mol. The summed E-state index contributed by atoms with van der Waals surface area (Å²) in [7, 11) is 1.87. The van der Waals surface area contributed by atoms with E-state index in [2.05, 4.69) is 10.4 Å². The summed E-state index contributed by atoms with van der Waals surface area (Å²) in [5.41, 5.74) is 1.02. The summed E-state index contributed by atoms with van der Waals surface area (Å²) in [5, 5.41) is 8.11. The summed E-state index contributed by atoms with van der Waals surface area (Å²) in [5.74, 6) is 0.669. The van der Waals surface area contributed by atoms with E-state index in [9.17, 15) is 4.79 Å². The lowest BCUT2D eigenvalue weighted by Crippen LogP contribution is -2.11. The minimum absolute atomic E-state index is 0.0198. The lowest BCUT2D eigenvalue weighted by atomic mass is 10.2. The van der Waals surface area contributed by atoms with Gasteiger partial charge in [0.15, 0.2) is 5.82 Å². The second kappa shape index (κ2) is 4.35. The number of aryl methyl sites for hydroxylation is 1. The van der Waals surface area contributed by atoms with E-state index in [1.54, 1.807) is 4.68 Å². The smallest absolute Gasteiger partial charge is 0.225 e. The van der Waals surface area contributed by atoms with E-state index in [0.717, 1.165) is 17.3 Å². The van der Waals surface area contributed by atoms with Crippen molar-refractivity contribution >= 4 is 22.6 Å². The van der Waals surface area contributed by atoms with Crippen LogP contribution in [0.2, 0.25) is 0 Å². The number of nitrogens with zero attached hydrogens (tertiary/aromatic N) is 2. The number of anilines is 1. The fourth-order valence-corrected chi connectivity index (χ4v) is 1.73. The average molecular weight is 217 g/mol. The first kappa shape index (κ1) is 10.7. The van der Waals surface area contributed by atoms with Crippen LogP contribution in [0.4, 0.5) is 5.82 Å².